The van der Waals surface area contributed by atoms with Crippen molar-refractivity contribution in [3.8, 4) is 0 Å². The molecule has 0 spiro atoms. The molecule has 200 valence electrons. The van der Waals surface area contributed by atoms with Crippen molar-refractivity contribution in [1.82, 2.24) is 0 Å². The quantitative estimate of drug-likeness (QED) is 0.160. The van der Waals surface area contributed by atoms with Crippen molar-refractivity contribution >= 4 is 34.5 Å². The average molecular weight is 529 g/mol. The SMILES string of the molecule is O=COC1CC2CCCC(C2)C1OC(=O)C(CS(=O)(=O)O)C(=O)OC1C2CC3CC(C2)C(=O)OC1C3. The van der Waals surface area contributed by atoms with Crippen LogP contribution in [0.5, 0.6) is 0 Å². The van der Waals surface area contributed by atoms with Crippen molar-refractivity contribution in [3.63, 3.8) is 0 Å². The molecular weight excluding hydrogens is 496 g/mol. The summed E-state index contributed by atoms with van der Waals surface area (Å²) in [6.45, 7) is 0.299. The summed E-state index contributed by atoms with van der Waals surface area (Å²) < 4.78 is 54.9. The van der Waals surface area contributed by atoms with Crippen molar-refractivity contribution < 1.29 is 51.1 Å². The molecule has 10 atom stereocenters. The molecule has 0 aromatic rings. The van der Waals surface area contributed by atoms with Gasteiger partial charge in [-0.1, -0.05) is 12.8 Å². The third kappa shape index (κ3) is 5.25. The van der Waals surface area contributed by atoms with Crippen molar-refractivity contribution in [2.45, 2.75) is 82.2 Å². The van der Waals surface area contributed by atoms with E-state index in [1.54, 1.807) is 0 Å². The first-order valence-corrected chi connectivity index (χ1v) is 14.4. The first-order valence-electron chi connectivity index (χ1n) is 12.8. The zero-order valence-electron chi connectivity index (χ0n) is 19.9. The molecule has 2 saturated heterocycles. The van der Waals surface area contributed by atoms with Crippen molar-refractivity contribution in [3.05, 3.63) is 0 Å². The van der Waals surface area contributed by atoms with Crippen molar-refractivity contribution in [2.75, 3.05) is 5.75 Å². The zero-order valence-corrected chi connectivity index (χ0v) is 20.7. The molecule has 12 heteroatoms. The molecule has 6 bridgehead atoms. The number of carbonyl (C=O) groups is 4. The predicted molar refractivity (Wildman–Crippen MR) is 119 cm³/mol. The standard InChI is InChI=1S/C24H32O11S/c25-11-32-18-7-12-2-1-3-14(4-12)20(18)34-23(27)17(10-36(29,30)31)24(28)35-21-15-5-13-6-16(9-15)22(26)33-19(21)8-13/h11-21H,1-10H2,(H,29,30,31). The van der Waals surface area contributed by atoms with Crippen LogP contribution in [0, 0.1) is 35.5 Å². The Bertz CT molecular complexity index is 994. The van der Waals surface area contributed by atoms with Crippen LogP contribution in [0.2, 0.25) is 0 Å². The van der Waals surface area contributed by atoms with E-state index in [-0.39, 0.29) is 23.7 Å². The smallest absolute Gasteiger partial charge is 0.321 e. The van der Waals surface area contributed by atoms with Gasteiger partial charge in [0.05, 0.1) is 11.7 Å². The Labute approximate surface area is 209 Å². The number of esters is 3. The number of fused-ring (bicyclic) bond motifs is 3. The molecule has 6 rings (SSSR count). The Balaban J connectivity index is 1.32. The van der Waals surface area contributed by atoms with Gasteiger partial charge >= 0.3 is 17.9 Å². The molecule has 0 aromatic heterocycles. The van der Waals surface area contributed by atoms with Crippen LogP contribution < -0.4 is 0 Å². The van der Waals surface area contributed by atoms with Crippen LogP contribution in [0.4, 0.5) is 0 Å². The summed E-state index contributed by atoms with van der Waals surface area (Å²) in [5.74, 6) is -5.56. The van der Waals surface area contributed by atoms with Gasteiger partial charge in [-0.2, -0.15) is 8.42 Å². The highest BCUT2D eigenvalue weighted by Crippen LogP contribution is 2.48. The number of hydrogen-bond donors (Lipinski definition) is 1. The van der Waals surface area contributed by atoms with E-state index < -0.39 is 58.1 Å². The molecule has 1 N–H and O–H groups in total. The van der Waals surface area contributed by atoms with E-state index >= 15 is 0 Å². The second-order valence-electron chi connectivity index (χ2n) is 11.1. The monoisotopic (exact) mass is 528 g/mol. The summed E-state index contributed by atoms with van der Waals surface area (Å²) in [5.41, 5.74) is 0. The van der Waals surface area contributed by atoms with Gasteiger partial charge < -0.3 is 18.9 Å². The summed E-state index contributed by atoms with van der Waals surface area (Å²) in [7, 11) is -4.75. The molecule has 2 heterocycles. The summed E-state index contributed by atoms with van der Waals surface area (Å²) in [4.78, 5) is 49.8. The lowest BCUT2D eigenvalue weighted by Crippen LogP contribution is -2.50. The lowest BCUT2D eigenvalue weighted by Gasteiger charge is -2.43. The van der Waals surface area contributed by atoms with E-state index in [9.17, 15) is 32.1 Å². The van der Waals surface area contributed by atoms with Crippen LogP contribution in [-0.4, -0.2) is 67.5 Å². The van der Waals surface area contributed by atoms with Crippen LogP contribution in [0.1, 0.15) is 57.8 Å². The summed E-state index contributed by atoms with van der Waals surface area (Å²) in [5, 5.41) is 0. The average Bonchev–Trinajstić information content (AvgIpc) is 2.97. The van der Waals surface area contributed by atoms with Gasteiger partial charge in [-0.3, -0.25) is 23.7 Å². The van der Waals surface area contributed by atoms with Gasteiger partial charge in [0.1, 0.15) is 24.4 Å². The minimum atomic E-state index is -4.75. The van der Waals surface area contributed by atoms with Gasteiger partial charge in [0.15, 0.2) is 5.92 Å². The second kappa shape index (κ2) is 9.92. The second-order valence-corrected chi connectivity index (χ2v) is 12.6. The Morgan fingerprint density at radius 3 is 2.42 bits per heavy atom. The molecule has 10 unspecified atom stereocenters. The summed E-state index contributed by atoms with van der Waals surface area (Å²) >= 11 is 0. The first kappa shape index (κ1) is 25.4. The highest BCUT2D eigenvalue weighted by Gasteiger charge is 2.53. The maximum atomic E-state index is 13.2. The highest BCUT2D eigenvalue weighted by molar-refractivity contribution is 7.85. The van der Waals surface area contributed by atoms with E-state index in [2.05, 4.69) is 0 Å². The lowest BCUT2D eigenvalue weighted by molar-refractivity contribution is -0.189. The molecule has 6 aliphatic rings. The molecule has 4 saturated carbocycles. The Morgan fingerprint density at radius 1 is 0.972 bits per heavy atom. The minimum absolute atomic E-state index is 0.0823. The molecule has 11 nitrogen and oxygen atoms in total. The van der Waals surface area contributed by atoms with Gasteiger partial charge in [-0.05, 0) is 62.7 Å². The number of carbonyl (C=O) groups excluding carboxylic acids is 4. The largest absolute Gasteiger partial charge is 0.461 e. The lowest BCUT2D eigenvalue weighted by atomic mass is 9.67. The zero-order chi connectivity index (χ0) is 25.6. The molecular formula is C24H32O11S. The molecule has 0 radical (unpaired) electrons. The van der Waals surface area contributed by atoms with E-state index in [0.717, 1.165) is 38.5 Å². The van der Waals surface area contributed by atoms with Gasteiger partial charge in [0.25, 0.3) is 16.6 Å². The Kier molecular flexibility index (Phi) is 7.01. The third-order valence-electron chi connectivity index (χ3n) is 8.74. The fourth-order valence-electron chi connectivity index (χ4n) is 7.30. The van der Waals surface area contributed by atoms with Crippen LogP contribution >= 0.6 is 0 Å². The first-order chi connectivity index (χ1) is 17.1. The topological polar surface area (TPSA) is 160 Å². The minimum Gasteiger partial charge on any atom is -0.461 e. The van der Waals surface area contributed by atoms with E-state index in [0.29, 0.717) is 37.6 Å². The van der Waals surface area contributed by atoms with E-state index in [4.69, 9.17) is 18.9 Å². The maximum Gasteiger partial charge on any atom is 0.321 e. The Morgan fingerprint density at radius 2 is 1.69 bits per heavy atom. The Hall–Kier alpha value is -2.21. The number of ether oxygens (including phenoxy) is 4. The van der Waals surface area contributed by atoms with E-state index in [1.165, 1.54) is 0 Å². The fourth-order valence-corrected chi connectivity index (χ4v) is 7.99. The number of hydrogen-bond acceptors (Lipinski definition) is 10. The molecule has 6 fully saturated rings. The van der Waals surface area contributed by atoms with Crippen molar-refractivity contribution in [1.29, 1.82) is 0 Å². The number of rotatable bonds is 8. The van der Waals surface area contributed by atoms with Gasteiger partial charge in [0, 0.05) is 5.92 Å². The normalized spacial score (nSPS) is 39.9. The van der Waals surface area contributed by atoms with Gasteiger partial charge in [-0.25, -0.2) is 0 Å². The van der Waals surface area contributed by atoms with Crippen LogP contribution in [0.3, 0.4) is 0 Å². The van der Waals surface area contributed by atoms with Crippen LogP contribution in [0.15, 0.2) is 0 Å². The van der Waals surface area contributed by atoms with E-state index in [1.807, 2.05) is 0 Å². The third-order valence-corrected chi connectivity index (χ3v) is 9.49. The van der Waals surface area contributed by atoms with Crippen LogP contribution in [0.25, 0.3) is 0 Å². The highest BCUT2D eigenvalue weighted by atomic mass is 32.2. The fraction of sp³-hybridized carbons (Fsp3) is 0.833. The molecule has 0 aromatic carbocycles. The predicted octanol–water partition coefficient (Wildman–Crippen LogP) is 1.43. The van der Waals surface area contributed by atoms with Crippen molar-refractivity contribution in [2.24, 2.45) is 35.5 Å². The molecule has 0 amide bonds. The maximum absolute atomic E-state index is 13.2. The summed E-state index contributed by atoms with van der Waals surface area (Å²) in [6.07, 6.45) is 3.56. The van der Waals surface area contributed by atoms with Crippen LogP contribution in [-0.2, 0) is 48.2 Å². The summed E-state index contributed by atoms with van der Waals surface area (Å²) in [6, 6.07) is 0. The molecule has 36 heavy (non-hydrogen) atoms. The van der Waals surface area contributed by atoms with Gasteiger partial charge in [-0.15, -0.1) is 0 Å². The molecule has 4 aliphatic carbocycles. The van der Waals surface area contributed by atoms with Gasteiger partial charge in [0.2, 0.25) is 0 Å². The molecule has 2 aliphatic heterocycles.